The Hall–Kier alpha value is -2.71. The van der Waals surface area contributed by atoms with Crippen molar-refractivity contribution in [3.63, 3.8) is 0 Å². The first-order chi connectivity index (χ1) is 13.0. The predicted octanol–water partition coefficient (Wildman–Crippen LogP) is 2.97. The number of ether oxygens (including phenoxy) is 1. The third-order valence-electron chi connectivity index (χ3n) is 3.53. The third kappa shape index (κ3) is 8.48. The number of nitrogens with zero attached hydrogens (tertiary/aromatic N) is 3. The van der Waals surface area contributed by atoms with Crippen LogP contribution in [-0.2, 0) is 13.1 Å². The maximum Gasteiger partial charge on any atom is 0.422 e. The zero-order chi connectivity index (χ0) is 19.5. The van der Waals surface area contributed by atoms with Gasteiger partial charge in [-0.3, -0.25) is 0 Å². The first-order valence-electron chi connectivity index (χ1n) is 8.72. The standard InChI is InChI=1S/C18H24F3N5O/c1-2-23-17(24-8-3-10-26-11-9-22-14-26)25-12-15-4-6-16(7-5-15)27-13-18(19,20)21/h4-7,9,11,14H,2-3,8,10,12-13H2,1H3,(H2,23,24,25). The number of hydrogen-bond acceptors (Lipinski definition) is 3. The first kappa shape index (κ1) is 20.6. The Morgan fingerprint density at radius 1 is 1.22 bits per heavy atom. The summed E-state index contributed by atoms with van der Waals surface area (Å²) in [6.07, 6.45) is 2.03. The van der Waals surface area contributed by atoms with Gasteiger partial charge in [0.05, 0.1) is 12.9 Å². The van der Waals surface area contributed by atoms with Crippen molar-refractivity contribution in [2.75, 3.05) is 19.7 Å². The molecular weight excluding hydrogens is 359 g/mol. The quantitative estimate of drug-likeness (QED) is 0.397. The SMILES string of the molecule is CCNC(=NCc1ccc(OCC(F)(F)F)cc1)NCCCn1ccnc1. The van der Waals surface area contributed by atoms with Gasteiger partial charge in [0, 0.05) is 32.0 Å². The number of rotatable bonds is 9. The summed E-state index contributed by atoms with van der Waals surface area (Å²) >= 11 is 0. The third-order valence-corrected chi connectivity index (χ3v) is 3.53. The van der Waals surface area contributed by atoms with E-state index in [0.717, 1.165) is 31.6 Å². The van der Waals surface area contributed by atoms with Crippen LogP contribution in [-0.4, -0.2) is 41.4 Å². The van der Waals surface area contributed by atoms with E-state index in [1.54, 1.807) is 24.7 Å². The lowest BCUT2D eigenvalue weighted by Crippen LogP contribution is -2.38. The van der Waals surface area contributed by atoms with Crippen LogP contribution in [0, 0.1) is 0 Å². The van der Waals surface area contributed by atoms with E-state index in [0.29, 0.717) is 12.5 Å². The zero-order valence-corrected chi connectivity index (χ0v) is 15.2. The van der Waals surface area contributed by atoms with Gasteiger partial charge in [-0.25, -0.2) is 9.98 Å². The van der Waals surface area contributed by atoms with Crippen LogP contribution < -0.4 is 15.4 Å². The van der Waals surface area contributed by atoms with Crippen molar-refractivity contribution in [2.24, 2.45) is 4.99 Å². The lowest BCUT2D eigenvalue weighted by molar-refractivity contribution is -0.153. The molecule has 0 fully saturated rings. The number of hydrogen-bond donors (Lipinski definition) is 2. The molecule has 2 N–H and O–H groups in total. The largest absolute Gasteiger partial charge is 0.484 e. The smallest absolute Gasteiger partial charge is 0.422 e. The molecule has 0 amide bonds. The fraction of sp³-hybridized carbons (Fsp3) is 0.444. The van der Waals surface area contributed by atoms with Gasteiger partial charge in [0.15, 0.2) is 12.6 Å². The highest BCUT2D eigenvalue weighted by molar-refractivity contribution is 5.79. The van der Waals surface area contributed by atoms with Gasteiger partial charge in [0.25, 0.3) is 0 Å². The van der Waals surface area contributed by atoms with Gasteiger partial charge in [-0.15, -0.1) is 0 Å². The zero-order valence-electron chi connectivity index (χ0n) is 15.2. The maximum atomic E-state index is 12.1. The molecule has 0 aliphatic carbocycles. The van der Waals surface area contributed by atoms with E-state index in [1.165, 1.54) is 12.1 Å². The Kier molecular flexibility index (Phi) is 7.97. The van der Waals surface area contributed by atoms with Crippen molar-refractivity contribution >= 4 is 5.96 Å². The molecule has 0 spiro atoms. The van der Waals surface area contributed by atoms with Crippen molar-refractivity contribution in [2.45, 2.75) is 32.6 Å². The fourth-order valence-corrected chi connectivity index (χ4v) is 2.26. The van der Waals surface area contributed by atoms with Crippen molar-refractivity contribution in [1.82, 2.24) is 20.2 Å². The van der Waals surface area contributed by atoms with E-state index in [9.17, 15) is 13.2 Å². The number of aliphatic imine (C=N–C) groups is 1. The summed E-state index contributed by atoms with van der Waals surface area (Å²) in [5, 5.41) is 6.42. The van der Waals surface area contributed by atoms with Gasteiger partial charge in [0.1, 0.15) is 5.75 Å². The molecule has 0 aliphatic heterocycles. The lowest BCUT2D eigenvalue weighted by Gasteiger charge is -2.12. The van der Waals surface area contributed by atoms with Crippen molar-refractivity contribution in [1.29, 1.82) is 0 Å². The van der Waals surface area contributed by atoms with Crippen LogP contribution in [0.15, 0.2) is 48.0 Å². The molecule has 0 aliphatic rings. The molecule has 1 aromatic carbocycles. The predicted molar refractivity (Wildman–Crippen MR) is 97.7 cm³/mol. The molecule has 27 heavy (non-hydrogen) atoms. The molecule has 6 nitrogen and oxygen atoms in total. The van der Waals surface area contributed by atoms with Gasteiger partial charge in [0.2, 0.25) is 0 Å². The van der Waals surface area contributed by atoms with Crippen LogP contribution in [0.1, 0.15) is 18.9 Å². The molecule has 0 atom stereocenters. The molecule has 9 heteroatoms. The van der Waals surface area contributed by atoms with E-state index in [1.807, 2.05) is 17.7 Å². The number of guanidine groups is 1. The first-order valence-corrected chi connectivity index (χ1v) is 8.72. The normalized spacial score (nSPS) is 12.1. The molecule has 2 rings (SSSR count). The second-order valence-electron chi connectivity index (χ2n) is 5.82. The number of halogens is 3. The van der Waals surface area contributed by atoms with E-state index in [4.69, 9.17) is 4.74 Å². The average molecular weight is 383 g/mol. The number of alkyl halides is 3. The van der Waals surface area contributed by atoms with E-state index in [2.05, 4.69) is 20.6 Å². The summed E-state index contributed by atoms with van der Waals surface area (Å²) in [5.74, 6) is 0.880. The Balaban J connectivity index is 1.78. The number of nitrogens with one attached hydrogen (secondary N) is 2. The van der Waals surface area contributed by atoms with Crippen molar-refractivity contribution in [3.8, 4) is 5.75 Å². The second-order valence-corrected chi connectivity index (χ2v) is 5.82. The molecule has 2 aromatic rings. The summed E-state index contributed by atoms with van der Waals surface area (Å²) in [4.78, 5) is 8.49. The minimum atomic E-state index is -4.34. The molecule has 0 bridgehead atoms. The van der Waals surface area contributed by atoms with Gasteiger partial charge < -0.3 is 19.9 Å². The minimum Gasteiger partial charge on any atom is -0.484 e. The summed E-state index contributed by atoms with van der Waals surface area (Å²) in [5.41, 5.74) is 0.880. The molecule has 1 aromatic heterocycles. The van der Waals surface area contributed by atoms with Crippen molar-refractivity contribution < 1.29 is 17.9 Å². The molecule has 148 valence electrons. The lowest BCUT2D eigenvalue weighted by atomic mass is 10.2. The Morgan fingerprint density at radius 2 is 2.00 bits per heavy atom. The topological polar surface area (TPSA) is 63.5 Å². The molecular formula is C18H24F3N5O. The van der Waals surface area contributed by atoms with Crippen molar-refractivity contribution in [3.05, 3.63) is 48.5 Å². The van der Waals surface area contributed by atoms with Gasteiger partial charge in [-0.1, -0.05) is 12.1 Å². The molecule has 0 unspecified atom stereocenters. The van der Waals surface area contributed by atoms with Crippen LogP contribution in [0.3, 0.4) is 0 Å². The second kappa shape index (κ2) is 10.4. The van der Waals surface area contributed by atoms with Gasteiger partial charge in [-0.05, 0) is 31.0 Å². The molecule has 0 radical (unpaired) electrons. The number of aryl methyl sites for hydroxylation is 1. The average Bonchev–Trinajstić information content (AvgIpc) is 3.15. The van der Waals surface area contributed by atoms with Crippen LogP contribution >= 0.6 is 0 Å². The van der Waals surface area contributed by atoms with Crippen LogP contribution in [0.5, 0.6) is 5.75 Å². The molecule has 0 saturated heterocycles. The number of aromatic nitrogens is 2. The summed E-state index contributed by atoms with van der Waals surface area (Å²) in [6.45, 7) is 3.46. The highest BCUT2D eigenvalue weighted by atomic mass is 19.4. The summed E-state index contributed by atoms with van der Waals surface area (Å²) in [7, 11) is 0. The van der Waals surface area contributed by atoms with Crippen LogP contribution in [0.4, 0.5) is 13.2 Å². The highest BCUT2D eigenvalue weighted by Crippen LogP contribution is 2.19. The highest BCUT2D eigenvalue weighted by Gasteiger charge is 2.28. The molecule has 1 heterocycles. The Labute approximate surface area is 156 Å². The Bertz CT molecular complexity index is 684. The van der Waals surface area contributed by atoms with Crippen LogP contribution in [0.25, 0.3) is 0 Å². The van der Waals surface area contributed by atoms with Gasteiger partial charge >= 0.3 is 6.18 Å². The minimum absolute atomic E-state index is 0.185. The Morgan fingerprint density at radius 3 is 2.63 bits per heavy atom. The van der Waals surface area contributed by atoms with Crippen LogP contribution in [0.2, 0.25) is 0 Å². The summed E-state index contributed by atoms with van der Waals surface area (Å²) < 4.78 is 43.1. The number of imidazole rings is 1. The van der Waals surface area contributed by atoms with Gasteiger partial charge in [-0.2, -0.15) is 13.2 Å². The monoisotopic (exact) mass is 383 g/mol. The number of benzene rings is 1. The molecule has 0 saturated carbocycles. The summed E-state index contributed by atoms with van der Waals surface area (Å²) in [6, 6.07) is 6.44. The maximum absolute atomic E-state index is 12.1. The van der Waals surface area contributed by atoms with E-state index >= 15 is 0 Å². The van der Waals surface area contributed by atoms with E-state index in [-0.39, 0.29) is 5.75 Å². The fourth-order valence-electron chi connectivity index (χ4n) is 2.26. The van der Waals surface area contributed by atoms with E-state index < -0.39 is 12.8 Å².